The van der Waals surface area contributed by atoms with Crippen molar-refractivity contribution in [2.45, 2.75) is 12.5 Å². The number of nitriles is 1. The molecule has 4 nitrogen and oxygen atoms in total. The minimum atomic E-state index is 0.492. The zero-order valence-electron chi connectivity index (χ0n) is 8.77. The van der Waals surface area contributed by atoms with Crippen LogP contribution < -0.4 is 10.2 Å². The van der Waals surface area contributed by atoms with E-state index in [0.29, 0.717) is 11.6 Å². The maximum absolute atomic E-state index is 8.80. The van der Waals surface area contributed by atoms with Crippen LogP contribution in [-0.2, 0) is 0 Å². The molecule has 15 heavy (non-hydrogen) atoms. The molecule has 1 aliphatic rings. The molecule has 1 saturated heterocycles. The monoisotopic (exact) mass is 202 g/mol. The molecule has 0 aliphatic carbocycles. The summed E-state index contributed by atoms with van der Waals surface area (Å²) in [6, 6.07) is 6.18. The Balaban J connectivity index is 2.17. The van der Waals surface area contributed by atoms with E-state index < -0.39 is 0 Å². The molecule has 1 atom stereocenters. The molecule has 1 fully saturated rings. The number of pyridine rings is 1. The molecule has 78 valence electrons. The van der Waals surface area contributed by atoms with Crippen LogP contribution in [0.1, 0.15) is 12.0 Å². The molecule has 4 heteroatoms. The van der Waals surface area contributed by atoms with Gasteiger partial charge in [0.25, 0.3) is 0 Å². The Kier molecular flexibility index (Phi) is 2.84. The van der Waals surface area contributed by atoms with Gasteiger partial charge in [-0.3, -0.25) is 0 Å². The fraction of sp³-hybridized carbons (Fsp3) is 0.455. The standard InChI is InChI=1S/C11H14N4/c1-15(10-3-4-13-8-10)11-6-9(7-12)2-5-14-11/h2,5-6,10,13H,3-4,8H2,1H3/t10-/m0/s1. The minimum Gasteiger partial charge on any atom is -0.355 e. The molecule has 2 heterocycles. The highest BCUT2D eigenvalue weighted by Crippen LogP contribution is 2.16. The van der Waals surface area contributed by atoms with Crippen LogP contribution in [0.15, 0.2) is 18.3 Å². The number of hydrogen-bond acceptors (Lipinski definition) is 4. The second kappa shape index (κ2) is 4.28. The van der Waals surface area contributed by atoms with Gasteiger partial charge in [0.05, 0.1) is 11.6 Å². The number of aromatic nitrogens is 1. The van der Waals surface area contributed by atoms with E-state index in [-0.39, 0.29) is 0 Å². The van der Waals surface area contributed by atoms with Gasteiger partial charge in [0, 0.05) is 25.8 Å². The summed E-state index contributed by atoms with van der Waals surface area (Å²) in [7, 11) is 2.03. The van der Waals surface area contributed by atoms with Gasteiger partial charge in [-0.1, -0.05) is 0 Å². The molecule has 2 rings (SSSR count). The Labute approximate surface area is 89.5 Å². The fourth-order valence-electron chi connectivity index (χ4n) is 1.84. The van der Waals surface area contributed by atoms with Gasteiger partial charge in [-0.15, -0.1) is 0 Å². The first-order chi connectivity index (χ1) is 7.31. The Morgan fingerprint density at radius 2 is 2.53 bits per heavy atom. The predicted octanol–water partition coefficient (Wildman–Crippen LogP) is 0.751. The highest BCUT2D eigenvalue weighted by molar-refractivity contribution is 5.45. The van der Waals surface area contributed by atoms with E-state index in [1.165, 1.54) is 0 Å². The molecule has 1 aliphatic heterocycles. The fourth-order valence-corrected chi connectivity index (χ4v) is 1.84. The summed E-state index contributed by atoms with van der Waals surface area (Å²) in [5, 5.41) is 12.1. The summed E-state index contributed by atoms with van der Waals surface area (Å²) in [4.78, 5) is 6.42. The van der Waals surface area contributed by atoms with Crippen molar-refractivity contribution in [2.24, 2.45) is 0 Å². The average molecular weight is 202 g/mol. The summed E-state index contributed by atoms with van der Waals surface area (Å²) in [6.45, 7) is 2.06. The van der Waals surface area contributed by atoms with Gasteiger partial charge in [-0.2, -0.15) is 5.26 Å². The van der Waals surface area contributed by atoms with Crippen molar-refractivity contribution in [1.29, 1.82) is 5.26 Å². The second-order valence-corrected chi connectivity index (χ2v) is 3.77. The third-order valence-corrected chi connectivity index (χ3v) is 2.82. The van der Waals surface area contributed by atoms with Crippen LogP contribution in [0, 0.1) is 11.3 Å². The lowest BCUT2D eigenvalue weighted by molar-refractivity contribution is 0.678. The SMILES string of the molecule is CN(c1cc(C#N)ccn1)[C@H]1CCNC1. The van der Waals surface area contributed by atoms with Gasteiger partial charge in [0.2, 0.25) is 0 Å². The van der Waals surface area contributed by atoms with Gasteiger partial charge < -0.3 is 10.2 Å². The summed E-state index contributed by atoms with van der Waals surface area (Å²) in [6.07, 6.45) is 2.82. The number of likely N-dealkylation sites (N-methyl/N-ethyl adjacent to an activating group) is 1. The predicted molar refractivity (Wildman–Crippen MR) is 58.6 cm³/mol. The van der Waals surface area contributed by atoms with Crippen LogP contribution in [0.5, 0.6) is 0 Å². The van der Waals surface area contributed by atoms with Gasteiger partial charge >= 0.3 is 0 Å². The third kappa shape index (κ3) is 2.08. The molecule has 1 aromatic rings. The third-order valence-electron chi connectivity index (χ3n) is 2.82. The number of nitrogens with zero attached hydrogens (tertiary/aromatic N) is 3. The van der Waals surface area contributed by atoms with E-state index in [2.05, 4.69) is 21.3 Å². The summed E-state index contributed by atoms with van der Waals surface area (Å²) in [5.41, 5.74) is 0.665. The number of hydrogen-bond donors (Lipinski definition) is 1. The maximum atomic E-state index is 8.80. The van der Waals surface area contributed by atoms with Gasteiger partial charge in [-0.05, 0) is 25.1 Å². The highest BCUT2D eigenvalue weighted by atomic mass is 15.2. The Hall–Kier alpha value is -1.60. The number of anilines is 1. The Morgan fingerprint density at radius 1 is 1.67 bits per heavy atom. The summed E-state index contributed by atoms with van der Waals surface area (Å²) >= 11 is 0. The number of rotatable bonds is 2. The van der Waals surface area contributed by atoms with Crippen molar-refractivity contribution >= 4 is 5.82 Å². The largest absolute Gasteiger partial charge is 0.355 e. The molecule has 0 bridgehead atoms. The van der Waals surface area contributed by atoms with Gasteiger partial charge in [0.1, 0.15) is 5.82 Å². The van der Waals surface area contributed by atoms with Crippen LogP contribution in [-0.4, -0.2) is 31.2 Å². The first-order valence-corrected chi connectivity index (χ1v) is 5.11. The van der Waals surface area contributed by atoms with Gasteiger partial charge in [0.15, 0.2) is 0 Å². The zero-order chi connectivity index (χ0) is 10.7. The molecule has 0 aromatic carbocycles. The normalized spacial score (nSPS) is 19.9. The first kappa shape index (κ1) is 9.94. The molecule has 0 spiro atoms. The van der Waals surface area contributed by atoms with E-state index in [0.717, 1.165) is 25.3 Å². The first-order valence-electron chi connectivity index (χ1n) is 5.11. The quantitative estimate of drug-likeness (QED) is 0.769. The molecular formula is C11H14N4. The molecule has 0 saturated carbocycles. The lowest BCUT2D eigenvalue weighted by Gasteiger charge is -2.24. The van der Waals surface area contributed by atoms with E-state index in [4.69, 9.17) is 5.26 Å². The smallest absolute Gasteiger partial charge is 0.129 e. The van der Waals surface area contributed by atoms with Crippen molar-refractivity contribution in [3.05, 3.63) is 23.9 Å². The molecule has 0 unspecified atom stereocenters. The van der Waals surface area contributed by atoms with Crippen LogP contribution >= 0.6 is 0 Å². The highest BCUT2D eigenvalue weighted by Gasteiger charge is 2.20. The van der Waals surface area contributed by atoms with E-state index in [9.17, 15) is 0 Å². The van der Waals surface area contributed by atoms with Crippen LogP contribution in [0.2, 0.25) is 0 Å². The molecule has 1 N–H and O–H groups in total. The van der Waals surface area contributed by atoms with Crippen LogP contribution in [0.4, 0.5) is 5.82 Å². The van der Waals surface area contributed by atoms with Crippen molar-refractivity contribution in [3.63, 3.8) is 0 Å². The summed E-state index contributed by atoms with van der Waals surface area (Å²) in [5.74, 6) is 0.878. The Morgan fingerprint density at radius 3 is 3.20 bits per heavy atom. The van der Waals surface area contributed by atoms with Crippen molar-refractivity contribution in [1.82, 2.24) is 10.3 Å². The molecule has 0 amide bonds. The molecule has 1 aromatic heterocycles. The lowest BCUT2D eigenvalue weighted by Crippen LogP contribution is -2.33. The molecule has 0 radical (unpaired) electrons. The van der Waals surface area contributed by atoms with E-state index in [1.54, 1.807) is 12.3 Å². The van der Waals surface area contributed by atoms with Crippen LogP contribution in [0.3, 0.4) is 0 Å². The molecular weight excluding hydrogens is 188 g/mol. The topological polar surface area (TPSA) is 52.0 Å². The summed E-state index contributed by atoms with van der Waals surface area (Å²) < 4.78 is 0. The van der Waals surface area contributed by atoms with E-state index >= 15 is 0 Å². The van der Waals surface area contributed by atoms with Crippen molar-refractivity contribution in [3.8, 4) is 6.07 Å². The van der Waals surface area contributed by atoms with Crippen LogP contribution in [0.25, 0.3) is 0 Å². The minimum absolute atomic E-state index is 0.492. The van der Waals surface area contributed by atoms with Crippen molar-refractivity contribution in [2.75, 3.05) is 25.0 Å². The number of nitrogens with one attached hydrogen (secondary N) is 1. The zero-order valence-corrected chi connectivity index (χ0v) is 8.77. The Bertz CT molecular complexity index is 376. The lowest BCUT2D eigenvalue weighted by atomic mass is 10.2. The second-order valence-electron chi connectivity index (χ2n) is 3.77. The average Bonchev–Trinajstić information content (AvgIpc) is 2.81. The van der Waals surface area contributed by atoms with E-state index in [1.807, 2.05) is 13.1 Å². The van der Waals surface area contributed by atoms with Gasteiger partial charge in [-0.25, -0.2) is 4.98 Å². The van der Waals surface area contributed by atoms with Crippen molar-refractivity contribution < 1.29 is 0 Å². The maximum Gasteiger partial charge on any atom is 0.129 e.